The molecule has 2 rings (SSSR count). The van der Waals surface area contributed by atoms with Crippen molar-refractivity contribution in [1.29, 1.82) is 0 Å². The molecule has 3 atom stereocenters. The minimum atomic E-state index is -1.30. The third kappa shape index (κ3) is 11.2. The van der Waals surface area contributed by atoms with Crippen LogP contribution in [0.5, 0.6) is 5.75 Å². The number of nitrogens with one attached hydrogen (secondary N) is 4. The summed E-state index contributed by atoms with van der Waals surface area (Å²) in [5.41, 5.74) is 12.0. The molecule has 2 aromatic carbocycles. The molecule has 5 amide bonds. The third-order valence-corrected chi connectivity index (χ3v) is 5.55. The Morgan fingerprint density at radius 3 is 1.90 bits per heavy atom. The number of aromatic hydroxyl groups is 1. The Morgan fingerprint density at radius 2 is 1.30 bits per heavy atom. The van der Waals surface area contributed by atoms with E-state index >= 15 is 0 Å². The fourth-order valence-electron chi connectivity index (χ4n) is 3.49. The van der Waals surface area contributed by atoms with E-state index in [1.54, 1.807) is 30.3 Å². The summed E-state index contributed by atoms with van der Waals surface area (Å²) in [5.74, 6) is -5.13. The molecule has 214 valence electrons. The summed E-state index contributed by atoms with van der Waals surface area (Å²) >= 11 is 0. The topological polar surface area (TPSA) is 243 Å². The van der Waals surface area contributed by atoms with Crippen LogP contribution in [0.15, 0.2) is 54.6 Å². The van der Waals surface area contributed by atoms with Crippen molar-refractivity contribution >= 4 is 35.5 Å². The number of nitrogens with two attached hydrogens (primary N) is 2. The molecule has 0 aliphatic carbocycles. The van der Waals surface area contributed by atoms with Gasteiger partial charge in [0.05, 0.1) is 25.6 Å². The van der Waals surface area contributed by atoms with E-state index in [9.17, 15) is 39.0 Å². The molecule has 0 aliphatic rings. The largest absolute Gasteiger partial charge is 0.508 e. The van der Waals surface area contributed by atoms with Crippen molar-refractivity contribution in [3.8, 4) is 5.75 Å². The van der Waals surface area contributed by atoms with E-state index in [1.165, 1.54) is 24.3 Å². The third-order valence-electron chi connectivity index (χ3n) is 5.55. The number of primary amides is 1. The number of carboxylic acids is 1. The van der Waals surface area contributed by atoms with E-state index in [0.29, 0.717) is 11.1 Å². The molecule has 0 radical (unpaired) electrons. The summed E-state index contributed by atoms with van der Waals surface area (Å²) in [5, 5.41) is 28.2. The van der Waals surface area contributed by atoms with Crippen LogP contribution in [0.4, 0.5) is 0 Å². The lowest BCUT2D eigenvalue weighted by atomic mass is 10.0. The van der Waals surface area contributed by atoms with E-state index in [4.69, 9.17) is 11.5 Å². The number of rotatable bonds is 15. The summed E-state index contributed by atoms with van der Waals surface area (Å²) in [4.78, 5) is 72.2. The van der Waals surface area contributed by atoms with Crippen LogP contribution in [-0.2, 0) is 41.6 Å². The highest BCUT2D eigenvalue weighted by Gasteiger charge is 2.26. The van der Waals surface area contributed by atoms with Gasteiger partial charge in [-0.25, -0.2) is 4.79 Å². The van der Waals surface area contributed by atoms with Crippen molar-refractivity contribution in [3.05, 3.63) is 65.7 Å². The maximum absolute atomic E-state index is 12.8. The minimum Gasteiger partial charge on any atom is -0.508 e. The Bertz CT molecular complexity index is 1210. The van der Waals surface area contributed by atoms with Crippen molar-refractivity contribution in [3.63, 3.8) is 0 Å². The van der Waals surface area contributed by atoms with Crippen LogP contribution >= 0.6 is 0 Å². The highest BCUT2D eigenvalue weighted by molar-refractivity contribution is 5.94. The van der Waals surface area contributed by atoms with Crippen molar-refractivity contribution in [2.75, 3.05) is 13.1 Å². The van der Waals surface area contributed by atoms with Gasteiger partial charge in [-0.3, -0.25) is 24.0 Å². The molecule has 0 unspecified atom stereocenters. The number of hydrogen-bond donors (Lipinski definition) is 8. The zero-order chi connectivity index (χ0) is 29.7. The molecular formula is C26H32N6O8. The highest BCUT2D eigenvalue weighted by atomic mass is 16.4. The second-order valence-corrected chi connectivity index (χ2v) is 8.85. The van der Waals surface area contributed by atoms with Gasteiger partial charge in [-0.15, -0.1) is 0 Å². The minimum absolute atomic E-state index is 0.00674. The van der Waals surface area contributed by atoms with Crippen LogP contribution in [-0.4, -0.2) is 76.9 Å². The first kappa shape index (κ1) is 31.2. The maximum atomic E-state index is 12.8. The summed E-state index contributed by atoms with van der Waals surface area (Å²) in [6.45, 7) is -1.10. The molecule has 0 heterocycles. The number of phenolic OH excluding ortho intramolecular Hbond substituents is 1. The SMILES string of the molecule is NC(=O)C[C@H](N)C(=O)N[C@@H](Cc1ccc(O)cc1)C(=O)NCC(=O)NCC(=O)N[C@@H](Cc1ccccc1)C(=O)O. The normalized spacial score (nSPS) is 12.7. The first-order chi connectivity index (χ1) is 18.9. The molecule has 0 saturated heterocycles. The van der Waals surface area contributed by atoms with Crippen LogP contribution in [0.1, 0.15) is 17.5 Å². The fraction of sp³-hybridized carbons (Fsp3) is 0.308. The number of aliphatic carboxylic acids is 1. The molecule has 14 heteroatoms. The predicted octanol–water partition coefficient (Wildman–Crippen LogP) is -2.33. The smallest absolute Gasteiger partial charge is 0.326 e. The number of carboxylic acid groups (broad SMARTS) is 1. The first-order valence-electron chi connectivity index (χ1n) is 12.2. The Balaban J connectivity index is 1.91. The van der Waals surface area contributed by atoms with Crippen LogP contribution in [0.2, 0.25) is 0 Å². The van der Waals surface area contributed by atoms with Crippen molar-refractivity contribution < 1.29 is 39.0 Å². The molecule has 0 fully saturated rings. The zero-order valence-electron chi connectivity index (χ0n) is 21.5. The van der Waals surface area contributed by atoms with E-state index in [0.717, 1.165) is 0 Å². The van der Waals surface area contributed by atoms with Crippen LogP contribution in [0, 0.1) is 0 Å². The van der Waals surface area contributed by atoms with Crippen LogP contribution in [0.25, 0.3) is 0 Å². The van der Waals surface area contributed by atoms with Gasteiger partial charge < -0.3 is 42.9 Å². The van der Waals surface area contributed by atoms with Gasteiger partial charge in [-0.05, 0) is 23.3 Å². The number of carbonyl (C=O) groups excluding carboxylic acids is 5. The second-order valence-electron chi connectivity index (χ2n) is 8.85. The van der Waals surface area contributed by atoms with Gasteiger partial charge in [0.25, 0.3) is 0 Å². The number of phenols is 1. The number of benzene rings is 2. The summed E-state index contributed by atoms with van der Waals surface area (Å²) < 4.78 is 0. The zero-order valence-corrected chi connectivity index (χ0v) is 21.5. The Morgan fingerprint density at radius 1 is 0.725 bits per heavy atom. The molecule has 0 spiro atoms. The first-order valence-corrected chi connectivity index (χ1v) is 12.2. The molecule has 14 nitrogen and oxygen atoms in total. The van der Waals surface area contributed by atoms with Gasteiger partial charge in [0.2, 0.25) is 29.5 Å². The maximum Gasteiger partial charge on any atom is 0.326 e. The standard InChI is InChI=1S/C26H32N6O8/c27-18(12-21(28)34)24(37)32-19(10-16-6-8-17(33)9-7-16)25(38)30-13-22(35)29-14-23(36)31-20(26(39)40)11-15-4-2-1-3-5-15/h1-9,18-20,33H,10-14,27H2,(H2,28,34)(H,29,35)(H,30,38)(H,31,36)(H,32,37)(H,39,40)/t18-,19-,20-/m0/s1. The molecule has 2 aromatic rings. The van der Waals surface area contributed by atoms with Crippen LogP contribution in [0.3, 0.4) is 0 Å². The molecule has 40 heavy (non-hydrogen) atoms. The lowest BCUT2D eigenvalue weighted by Crippen LogP contribution is -2.54. The summed E-state index contributed by atoms with van der Waals surface area (Å²) in [6, 6.07) is 10.8. The molecule has 0 aromatic heterocycles. The van der Waals surface area contributed by atoms with Gasteiger partial charge in [-0.2, -0.15) is 0 Å². The van der Waals surface area contributed by atoms with Crippen LogP contribution < -0.4 is 32.7 Å². The van der Waals surface area contributed by atoms with Crippen molar-refractivity contribution in [2.45, 2.75) is 37.4 Å². The summed E-state index contributed by atoms with van der Waals surface area (Å²) in [6.07, 6.45) is -0.440. The van der Waals surface area contributed by atoms with E-state index in [2.05, 4.69) is 21.3 Å². The summed E-state index contributed by atoms with van der Waals surface area (Å²) in [7, 11) is 0. The Labute approximate surface area is 229 Å². The monoisotopic (exact) mass is 556 g/mol. The van der Waals surface area contributed by atoms with Gasteiger partial charge in [0.1, 0.15) is 17.8 Å². The lowest BCUT2D eigenvalue weighted by Gasteiger charge is -2.20. The molecule has 10 N–H and O–H groups in total. The molecule has 0 aliphatic heterocycles. The van der Waals surface area contributed by atoms with E-state index < -0.39 is 73.1 Å². The fourth-order valence-corrected chi connectivity index (χ4v) is 3.49. The lowest BCUT2D eigenvalue weighted by molar-refractivity contribution is -0.141. The second kappa shape index (κ2) is 15.4. The molecular weight excluding hydrogens is 524 g/mol. The Hall–Kier alpha value is -4.98. The number of hydrogen-bond acceptors (Lipinski definition) is 8. The Kier molecular flexibility index (Phi) is 12.1. The predicted molar refractivity (Wildman–Crippen MR) is 141 cm³/mol. The van der Waals surface area contributed by atoms with Crippen molar-refractivity contribution in [2.24, 2.45) is 11.5 Å². The van der Waals surface area contributed by atoms with Gasteiger partial charge in [-0.1, -0.05) is 42.5 Å². The average Bonchev–Trinajstić information content (AvgIpc) is 2.91. The quantitative estimate of drug-likeness (QED) is 0.117. The van der Waals surface area contributed by atoms with E-state index in [1.807, 2.05) is 0 Å². The van der Waals surface area contributed by atoms with Gasteiger partial charge >= 0.3 is 5.97 Å². The molecule has 0 bridgehead atoms. The van der Waals surface area contributed by atoms with Gasteiger partial charge in [0, 0.05) is 12.8 Å². The highest BCUT2D eigenvalue weighted by Crippen LogP contribution is 2.11. The van der Waals surface area contributed by atoms with Gasteiger partial charge in [0.15, 0.2) is 0 Å². The number of carbonyl (C=O) groups is 6. The van der Waals surface area contributed by atoms with Crippen molar-refractivity contribution in [1.82, 2.24) is 21.3 Å². The average molecular weight is 557 g/mol. The molecule has 0 saturated carbocycles. The number of amides is 5. The van der Waals surface area contributed by atoms with E-state index in [-0.39, 0.29) is 18.6 Å².